The second kappa shape index (κ2) is 7.26. The minimum absolute atomic E-state index is 0.0935. The highest BCUT2D eigenvalue weighted by Crippen LogP contribution is 2.28. The van der Waals surface area contributed by atoms with Crippen LogP contribution in [0.15, 0.2) is 33.1 Å². The summed E-state index contributed by atoms with van der Waals surface area (Å²) in [6, 6.07) is 5.64. The van der Waals surface area contributed by atoms with Crippen molar-refractivity contribution >= 4 is 43.2 Å². The maximum Gasteiger partial charge on any atom is 0.248 e. The number of piperidine rings is 1. The SMILES string of the molecule is Cc1noc(C)c1S(=O)(=O)N1CCC(C(=O)Nc2ccc3scnc3c2)CC1. The average molecular weight is 421 g/mol. The van der Waals surface area contributed by atoms with Crippen LogP contribution in [0.2, 0.25) is 0 Å². The molecule has 0 aliphatic carbocycles. The molecule has 1 aliphatic heterocycles. The molecular formula is C18H20N4O4S2. The van der Waals surface area contributed by atoms with Gasteiger partial charge in [0.1, 0.15) is 10.6 Å². The smallest absolute Gasteiger partial charge is 0.248 e. The second-order valence-electron chi connectivity index (χ2n) is 6.86. The summed E-state index contributed by atoms with van der Waals surface area (Å²) >= 11 is 1.55. The van der Waals surface area contributed by atoms with Crippen LogP contribution in [0.3, 0.4) is 0 Å². The predicted molar refractivity (Wildman–Crippen MR) is 106 cm³/mol. The Morgan fingerprint density at radius 3 is 2.71 bits per heavy atom. The van der Waals surface area contributed by atoms with Crippen LogP contribution in [0.4, 0.5) is 5.69 Å². The first-order valence-electron chi connectivity index (χ1n) is 8.93. The molecule has 4 rings (SSSR count). The fourth-order valence-corrected chi connectivity index (χ4v) is 5.93. The number of hydrogen-bond donors (Lipinski definition) is 1. The van der Waals surface area contributed by atoms with Gasteiger partial charge >= 0.3 is 0 Å². The number of benzene rings is 1. The van der Waals surface area contributed by atoms with Crippen LogP contribution in [0.25, 0.3) is 10.2 Å². The Bertz CT molecular complexity index is 1110. The molecule has 0 saturated carbocycles. The lowest BCUT2D eigenvalue weighted by molar-refractivity contribution is -0.120. The van der Waals surface area contributed by atoms with Crippen molar-refractivity contribution in [1.29, 1.82) is 0 Å². The Balaban J connectivity index is 1.41. The lowest BCUT2D eigenvalue weighted by Gasteiger charge is -2.30. The number of hydrogen-bond acceptors (Lipinski definition) is 7. The molecule has 1 amide bonds. The molecule has 0 bridgehead atoms. The predicted octanol–water partition coefficient (Wildman–Crippen LogP) is 2.94. The summed E-state index contributed by atoms with van der Waals surface area (Å²) in [4.78, 5) is 17.0. The van der Waals surface area contributed by atoms with E-state index in [1.807, 2.05) is 18.2 Å². The molecule has 3 heterocycles. The number of thiazole rings is 1. The van der Waals surface area contributed by atoms with Crippen LogP contribution in [-0.4, -0.2) is 41.9 Å². The maximum absolute atomic E-state index is 12.9. The minimum atomic E-state index is -3.67. The van der Waals surface area contributed by atoms with E-state index in [0.29, 0.717) is 24.2 Å². The Morgan fingerprint density at radius 2 is 2.04 bits per heavy atom. The number of carbonyl (C=O) groups excluding carboxylic acids is 1. The highest BCUT2D eigenvalue weighted by Gasteiger charge is 2.35. The van der Waals surface area contributed by atoms with Gasteiger partial charge in [-0.15, -0.1) is 11.3 Å². The summed E-state index contributed by atoms with van der Waals surface area (Å²) in [5.74, 6) is -0.0407. The number of carbonyl (C=O) groups is 1. The molecule has 10 heteroatoms. The Kier molecular flexibility index (Phi) is 4.94. The van der Waals surface area contributed by atoms with Gasteiger partial charge in [-0.05, 0) is 44.9 Å². The molecule has 0 atom stereocenters. The van der Waals surface area contributed by atoms with Gasteiger partial charge in [-0.1, -0.05) is 5.16 Å². The fraction of sp³-hybridized carbons (Fsp3) is 0.389. The Morgan fingerprint density at radius 1 is 1.29 bits per heavy atom. The van der Waals surface area contributed by atoms with Crippen LogP contribution in [0, 0.1) is 19.8 Å². The van der Waals surface area contributed by atoms with Gasteiger partial charge in [0.05, 0.1) is 15.7 Å². The molecule has 1 fully saturated rings. The molecule has 0 spiro atoms. The van der Waals surface area contributed by atoms with Crippen molar-refractivity contribution < 1.29 is 17.7 Å². The van der Waals surface area contributed by atoms with Gasteiger partial charge in [-0.25, -0.2) is 13.4 Å². The Hall–Kier alpha value is -2.30. The van der Waals surface area contributed by atoms with Crippen LogP contribution >= 0.6 is 11.3 Å². The van der Waals surface area contributed by atoms with Gasteiger partial charge < -0.3 is 9.84 Å². The molecule has 28 heavy (non-hydrogen) atoms. The first-order chi connectivity index (χ1) is 13.4. The van der Waals surface area contributed by atoms with Crippen molar-refractivity contribution in [3.05, 3.63) is 35.2 Å². The summed E-state index contributed by atoms with van der Waals surface area (Å²) in [6.45, 7) is 3.78. The molecule has 2 aromatic heterocycles. The standard InChI is InChI=1S/C18H20N4O4S2/c1-11-17(12(2)26-21-11)28(24,25)22-7-5-13(6-8-22)18(23)20-14-3-4-16-15(9-14)19-10-27-16/h3-4,9-10,13H,5-8H2,1-2H3,(H,20,23). The number of rotatable bonds is 4. The molecule has 8 nitrogen and oxygen atoms in total. The summed E-state index contributed by atoms with van der Waals surface area (Å²) in [6.07, 6.45) is 0.931. The van der Waals surface area contributed by atoms with E-state index in [1.54, 1.807) is 30.7 Å². The third-order valence-corrected chi connectivity index (χ3v) is 7.94. The third kappa shape index (κ3) is 3.43. The van der Waals surface area contributed by atoms with Gasteiger partial charge in [0.2, 0.25) is 15.9 Å². The van der Waals surface area contributed by atoms with Crippen molar-refractivity contribution in [1.82, 2.24) is 14.4 Å². The number of aromatic nitrogens is 2. The number of nitrogens with zero attached hydrogens (tertiary/aromatic N) is 3. The van der Waals surface area contributed by atoms with Crippen molar-refractivity contribution in [2.75, 3.05) is 18.4 Å². The van der Waals surface area contributed by atoms with Crippen molar-refractivity contribution in [2.45, 2.75) is 31.6 Å². The van der Waals surface area contributed by atoms with Gasteiger partial charge in [0.25, 0.3) is 0 Å². The summed E-state index contributed by atoms with van der Waals surface area (Å²) < 4.78 is 33.2. The lowest BCUT2D eigenvalue weighted by Crippen LogP contribution is -2.41. The van der Waals surface area contributed by atoms with Gasteiger partial charge in [0, 0.05) is 24.7 Å². The van der Waals surface area contributed by atoms with Gasteiger partial charge in [-0.2, -0.15) is 4.31 Å². The lowest BCUT2D eigenvalue weighted by atomic mass is 9.97. The third-order valence-electron chi connectivity index (χ3n) is 4.99. The molecule has 1 aromatic carbocycles. The molecule has 1 aliphatic rings. The van der Waals surface area contributed by atoms with E-state index < -0.39 is 10.0 Å². The first kappa shape index (κ1) is 19.0. The molecule has 0 radical (unpaired) electrons. The molecule has 1 saturated heterocycles. The van der Waals surface area contributed by atoms with E-state index in [9.17, 15) is 13.2 Å². The topological polar surface area (TPSA) is 105 Å². The number of aryl methyl sites for hydroxylation is 2. The molecule has 1 N–H and O–H groups in total. The molecule has 0 unspecified atom stereocenters. The molecular weight excluding hydrogens is 400 g/mol. The summed E-state index contributed by atoms with van der Waals surface area (Å²) in [5, 5.41) is 6.66. The monoisotopic (exact) mass is 420 g/mol. The van der Waals surface area contributed by atoms with Crippen molar-refractivity contribution in [2.24, 2.45) is 5.92 Å². The highest BCUT2D eigenvalue weighted by atomic mass is 32.2. The first-order valence-corrected chi connectivity index (χ1v) is 11.3. The summed E-state index contributed by atoms with van der Waals surface area (Å²) in [5.41, 5.74) is 3.68. The number of nitrogens with one attached hydrogen (secondary N) is 1. The van der Waals surface area contributed by atoms with Gasteiger partial charge in [0.15, 0.2) is 5.76 Å². The Labute approximate surface area is 166 Å². The zero-order valence-electron chi connectivity index (χ0n) is 15.5. The van der Waals surface area contributed by atoms with Crippen LogP contribution < -0.4 is 5.32 Å². The fourth-order valence-electron chi connectivity index (χ4n) is 3.51. The van der Waals surface area contributed by atoms with E-state index in [-0.39, 0.29) is 35.6 Å². The zero-order valence-corrected chi connectivity index (χ0v) is 17.1. The van der Waals surface area contributed by atoms with Crippen LogP contribution in [0.5, 0.6) is 0 Å². The van der Waals surface area contributed by atoms with Crippen molar-refractivity contribution in [3.63, 3.8) is 0 Å². The van der Waals surface area contributed by atoms with E-state index in [2.05, 4.69) is 15.5 Å². The van der Waals surface area contributed by atoms with E-state index in [4.69, 9.17) is 4.52 Å². The number of anilines is 1. The number of fused-ring (bicyclic) bond motifs is 1. The van der Waals surface area contributed by atoms with Crippen LogP contribution in [-0.2, 0) is 14.8 Å². The number of sulfonamides is 1. The van der Waals surface area contributed by atoms with Gasteiger partial charge in [-0.3, -0.25) is 4.79 Å². The average Bonchev–Trinajstić information content (AvgIpc) is 3.27. The maximum atomic E-state index is 12.9. The highest BCUT2D eigenvalue weighted by molar-refractivity contribution is 7.89. The quantitative estimate of drug-likeness (QED) is 0.696. The minimum Gasteiger partial charge on any atom is -0.360 e. The largest absolute Gasteiger partial charge is 0.360 e. The van der Waals surface area contributed by atoms with Crippen LogP contribution in [0.1, 0.15) is 24.3 Å². The summed E-state index contributed by atoms with van der Waals surface area (Å²) in [7, 11) is -3.67. The molecule has 3 aromatic rings. The normalized spacial score (nSPS) is 16.5. The molecule has 148 valence electrons. The van der Waals surface area contributed by atoms with E-state index in [1.165, 1.54) is 4.31 Å². The zero-order chi connectivity index (χ0) is 19.9. The van der Waals surface area contributed by atoms with E-state index >= 15 is 0 Å². The van der Waals surface area contributed by atoms with Crippen molar-refractivity contribution in [3.8, 4) is 0 Å². The number of amides is 1. The second-order valence-corrected chi connectivity index (χ2v) is 9.62. The van der Waals surface area contributed by atoms with E-state index in [0.717, 1.165) is 10.2 Å².